The van der Waals surface area contributed by atoms with E-state index in [4.69, 9.17) is 5.73 Å². The van der Waals surface area contributed by atoms with Crippen LogP contribution in [-0.4, -0.2) is 34.9 Å². The second-order valence-corrected chi connectivity index (χ2v) is 7.88. The maximum absolute atomic E-state index is 12.9. The number of nitrogens with two attached hydrogens (primary N) is 1. The predicted octanol–water partition coefficient (Wildman–Crippen LogP) is 3.38. The van der Waals surface area contributed by atoms with Gasteiger partial charge in [-0.3, -0.25) is 4.79 Å². The van der Waals surface area contributed by atoms with Crippen LogP contribution in [0.15, 0.2) is 17.5 Å². The van der Waals surface area contributed by atoms with Gasteiger partial charge in [-0.15, -0.1) is 22.7 Å². The molecule has 1 aliphatic heterocycles. The third-order valence-electron chi connectivity index (χ3n) is 4.23. The highest BCUT2D eigenvalue weighted by molar-refractivity contribution is 7.22. The van der Waals surface area contributed by atoms with E-state index >= 15 is 0 Å². The molecule has 3 rings (SSSR count). The number of aryl methyl sites for hydroxylation is 1. The smallest absolute Gasteiger partial charge is 0.266 e. The molecule has 22 heavy (non-hydrogen) atoms. The summed E-state index contributed by atoms with van der Waals surface area (Å²) in [7, 11) is 0. The highest BCUT2D eigenvalue weighted by Crippen LogP contribution is 2.33. The van der Waals surface area contributed by atoms with Crippen molar-refractivity contribution < 1.29 is 4.79 Å². The van der Waals surface area contributed by atoms with Gasteiger partial charge >= 0.3 is 0 Å². The molecule has 1 amide bonds. The maximum atomic E-state index is 12.9. The molecule has 0 aliphatic carbocycles. The third-order valence-corrected chi connectivity index (χ3v) is 6.42. The first-order valence-electron chi connectivity index (χ1n) is 7.62. The molecule has 4 nitrogen and oxygen atoms in total. The number of rotatable bonds is 3. The molecule has 0 spiro atoms. The highest BCUT2D eigenvalue weighted by Gasteiger charge is 2.31. The zero-order chi connectivity index (χ0) is 15.7. The SMILES string of the molecule is Cc1nc(-c2cccs2)sc1C(=O)N1CCC(C)CC1CN. The lowest BCUT2D eigenvalue weighted by atomic mass is 9.92. The second-order valence-electron chi connectivity index (χ2n) is 5.93. The molecular weight excluding hydrogens is 314 g/mol. The Morgan fingerprint density at radius 1 is 1.55 bits per heavy atom. The van der Waals surface area contributed by atoms with Crippen LogP contribution in [0.3, 0.4) is 0 Å². The van der Waals surface area contributed by atoms with Gasteiger partial charge in [-0.25, -0.2) is 4.98 Å². The molecule has 2 aromatic heterocycles. The Hall–Kier alpha value is -1.24. The maximum Gasteiger partial charge on any atom is 0.266 e. The zero-order valence-electron chi connectivity index (χ0n) is 12.9. The molecular formula is C16H21N3OS2. The van der Waals surface area contributed by atoms with Crippen molar-refractivity contribution in [1.29, 1.82) is 0 Å². The molecule has 1 aliphatic rings. The standard InChI is InChI=1S/C16H21N3OS2/c1-10-5-6-19(12(8-10)9-17)16(20)14-11(2)18-15(22-14)13-4-3-7-21-13/h3-4,7,10,12H,5-6,8-9,17H2,1-2H3. The number of likely N-dealkylation sites (tertiary alicyclic amines) is 1. The van der Waals surface area contributed by atoms with Crippen molar-refractivity contribution in [3.63, 3.8) is 0 Å². The van der Waals surface area contributed by atoms with Crippen molar-refractivity contribution in [1.82, 2.24) is 9.88 Å². The van der Waals surface area contributed by atoms with Crippen LogP contribution in [0.2, 0.25) is 0 Å². The topological polar surface area (TPSA) is 59.2 Å². The van der Waals surface area contributed by atoms with Crippen LogP contribution in [0.5, 0.6) is 0 Å². The van der Waals surface area contributed by atoms with Crippen LogP contribution in [-0.2, 0) is 0 Å². The number of carbonyl (C=O) groups is 1. The molecule has 0 saturated carbocycles. The van der Waals surface area contributed by atoms with Gasteiger partial charge in [0.25, 0.3) is 5.91 Å². The summed E-state index contributed by atoms with van der Waals surface area (Å²) >= 11 is 3.15. The number of amides is 1. The Balaban J connectivity index is 1.86. The minimum absolute atomic E-state index is 0.0974. The summed E-state index contributed by atoms with van der Waals surface area (Å²) in [6.45, 7) is 5.49. The van der Waals surface area contributed by atoms with Crippen molar-refractivity contribution in [3.05, 3.63) is 28.1 Å². The molecule has 118 valence electrons. The number of aromatic nitrogens is 1. The summed E-state index contributed by atoms with van der Waals surface area (Å²) in [6.07, 6.45) is 2.05. The van der Waals surface area contributed by atoms with Crippen LogP contribution < -0.4 is 5.73 Å². The number of thiophene rings is 1. The van der Waals surface area contributed by atoms with Crippen LogP contribution in [0.1, 0.15) is 35.1 Å². The first-order valence-corrected chi connectivity index (χ1v) is 9.32. The van der Waals surface area contributed by atoms with E-state index in [0.717, 1.165) is 39.8 Å². The van der Waals surface area contributed by atoms with Gasteiger partial charge in [0.05, 0.1) is 10.6 Å². The van der Waals surface area contributed by atoms with Crippen LogP contribution in [0.4, 0.5) is 0 Å². The number of nitrogens with zero attached hydrogens (tertiary/aromatic N) is 2. The normalized spacial score (nSPS) is 22.0. The van der Waals surface area contributed by atoms with Gasteiger partial charge in [-0.2, -0.15) is 0 Å². The molecule has 0 aromatic carbocycles. The molecule has 1 fully saturated rings. The summed E-state index contributed by atoms with van der Waals surface area (Å²) in [6, 6.07) is 4.21. The summed E-state index contributed by atoms with van der Waals surface area (Å²) in [5.74, 6) is 0.738. The van der Waals surface area contributed by atoms with Gasteiger partial charge in [0.2, 0.25) is 0 Å². The van der Waals surface area contributed by atoms with Gasteiger partial charge in [-0.1, -0.05) is 13.0 Å². The molecule has 6 heteroatoms. The summed E-state index contributed by atoms with van der Waals surface area (Å²) < 4.78 is 0. The fraction of sp³-hybridized carbons (Fsp3) is 0.500. The molecule has 0 bridgehead atoms. The average molecular weight is 335 g/mol. The highest BCUT2D eigenvalue weighted by atomic mass is 32.1. The van der Waals surface area contributed by atoms with Crippen molar-refractivity contribution in [3.8, 4) is 9.88 Å². The largest absolute Gasteiger partial charge is 0.334 e. The number of carbonyl (C=O) groups excluding carboxylic acids is 1. The van der Waals surface area contributed by atoms with Gasteiger partial charge in [-0.05, 0) is 37.1 Å². The van der Waals surface area contributed by atoms with E-state index < -0.39 is 0 Å². The van der Waals surface area contributed by atoms with Crippen molar-refractivity contribution >= 4 is 28.6 Å². The lowest BCUT2D eigenvalue weighted by Crippen LogP contribution is -2.49. The van der Waals surface area contributed by atoms with Crippen LogP contribution in [0, 0.1) is 12.8 Å². The fourth-order valence-electron chi connectivity index (χ4n) is 2.97. The van der Waals surface area contributed by atoms with E-state index in [1.165, 1.54) is 11.3 Å². The molecule has 0 radical (unpaired) electrons. The first kappa shape index (κ1) is 15.6. The predicted molar refractivity (Wildman–Crippen MR) is 92.4 cm³/mol. The van der Waals surface area contributed by atoms with E-state index in [1.54, 1.807) is 11.3 Å². The van der Waals surface area contributed by atoms with Crippen molar-refractivity contribution in [2.24, 2.45) is 11.7 Å². The fourth-order valence-corrected chi connectivity index (χ4v) is 4.79. The minimum Gasteiger partial charge on any atom is -0.334 e. The van der Waals surface area contributed by atoms with Crippen molar-refractivity contribution in [2.75, 3.05) is 13.1 Å². The van der Waals surface area contributed by atoms with Gasteiger partial charge in [0.15, 0.2) is 0 Å². The summed E-state index contributed by atoms with van der Waals surface area (Å²) in [4.78, 5) is 21.3. The van der Waals surface area contributed by atoms with Gasteiger partial charge < -0.3 is 10.6 Å². The molecule has 3 heterocycles. The Kier molecular flexibility index (Phi) is 4.61. The molecule has 2 N–H and O–H groups in total. The molecule has 1 saturated heterocycles. The Labute approximate surface area is 139 Å². The first-order chi connectivity index (χ1) is 10.6. The van der Waals surface area contributed by atoms with E-state index in [9.17, 15) is 4.79 Å². The van der Waals surface area contributed by atoms with Gasteiger partial charge in [0, 0.05) is 19.1 Å². The molecule has 2 unspecified atom stereocenters. The van der Waals surface area contributed by atoms with Gasteiger partial charge in [0.1, 0.15) is 9.88 Å². The van der Waals surface area contributed by atoms with E-state index in [0.29, 0.717) is 12.5 Å². The third kappa shape index (κ3) is 2.95. The number of piperidine rings is 1. The lowest BCUT2D eigenvalue weighted by Gasteiger charge is -2.37. The second kappa shape index (κ2) is 6.48. The lowest BCUT2D eigenvalue weighted by molar-refractivity contribution is 0.0577. The summed E-state index contributed by atoms with van der Waals surface area (Å²) in [5.41, 5.74) is 6.71. The molecule has 2 aromatic rings. The van der Waals surface area contributed by atoms with E-state index in [-0.39, 0.29) is 11.9 Å². The number of hydrogen-bond acceptors (Lipinski definition) is 5. The Bertz CT molecular complexity index is 650. The number of thiazole rings is 1. The Morgan fingerprint density at radius 3 is 3.05 bits per heavy atom. The van der Waals surface area contributed by atoms with Crippen molar-refractivity contribution in [2.45, 2.75) is 32.7 Å². The monoisotopic (exact) mass is 335 g/mol. The molecule has 2 atom stereocenters. The summed E-state index contributed by atoms with van der Waals surface area (Å²) in [5, 5.41) is 2.97. The minimum atomic E-state index is 0.0974. The average Bonchev–Trinajstić information content (AvgIpc) is 3.15. The number of hydrogen-bond donors (Lipinski definition) is 1. The Morgan fingerprint density at radius 2 is 2.36 bits per heavy atom. The quantitative estimate of drug-likeness (QED) is 0.935. The van der Waals surface area contributed by atoms with E-state index in [1.807, 2.05) is 29.3 Å². The van der Waals surface area contributed by atoms with Crippen LogP contribution >= 0.6 is 22.7 Å². The zero-order valence-corrected chi connectivity index (χ0v) is 14.5. The van der Waals surface area contributed by atoms with Crippen LogP contribution in [0.25, 0.3) is 9.88 Å². The van der Waals surface area contributed by atoms with E-state index in [2.05, 4.69) is 11.9 Å².